The average molecular weight is 705 g/mol. The summed E-state index contributed by atoms with van der Waals surface area (Å²) in [6, 6.07) is 50.1. The van der Waals surface area contributed by atoms with Crippen molar-refractivity contribution in [3.63, 3.8) is 0 Å². The number of halogens is 1. The molecule has 0 fully saturated rings. The van der Waals surface area contributed by atoms with Crippen LogP contribution in [0.4, 0.5) is 4.39 Å². The molecular formula is C49H41FN4. The fraction of sp³-hybridized carbons (Fsp3) is 0.143. The number of nitrogens with zero attached hydrogens (tertiary/aromatic N) is 4. The van der Waals surface area contributed by atoms with Crippen LogP contribution in [-0.4, -0.2) is 19.1 Å². The van der Waals surface area contributed by atoms with E-state index in [1.807, 2.05) is 24.4 Å². The predicted octanol–water partition coefficient (Wildman–Crippen LogP) is 12.8. The first-order chi connectivity index (χ1) is 26.3. The van der Waals surface area contributed by atoms with Gasteiger partial charge >= 0.3 is 0 Å². The topological polar surface area (TPSA) is 35.6 Å². The third kappa shape index (κ3) is 5.86. The Morgan fingerprint density at radius 2 is 1.24 bits per heavy atom. The third-order valence-electron chi connectivity index (χ3n) is 10.6. The smallest absolute Gasteiger partial charge is 0.145 e. The van der Waals surface area contributed by atoms with Crippen molar-refractivity contribution in [2.45, 2.75) is 46.0 Å². The minimum Gasteiger partial charge on any atom is -0.294 e. The maximum absolute atomic E-state index is 13.8. The van der Waals surface area contributed by atoms with Gasteiger partial charge in [0.05, 0.1) is 22.2 Å². The molecule has 0 atom stereocenters. The molecule has 0 aliphatic heterocycles. The molecular weight excluding hydrogens is 664 g/mol. The molecule has 54 heavy (non-hydrogen) atoms. The summed E-state index contributed by atoms with van der Waals surface area (Å²) in [7, 11) is 0. The molecule has 0 saturated carbocycles. The largest absolute Gasteiger partial charge is 0.294 e. The molecule has 0 aliphatic carbocycles. The van der Waals surface area contributed by atoms with Crippen LogP contribution in [0.1, 0.15) is 61.8 Å². The molecule has 6 aromatic carbocycles. The highest BCUT2D eigenvalue weighted by Crippen LogP contribution is 2.39. The quantitative estimate of drug-likeness (QED) is 0.158. The van der Waals surface area contributed by atoms with E-state index in [4.69, 9.17) is 9.97 Å². The molecule has 0 unspecified atom stereocenters. The lowest BCUT2D eigenvalue weighted by Crippen LogP contribution is -2.08. The van der Waals surface area contributed by atoms with Crippen molar-refractivity contribution in [1.29, 1.82) is 0 Å². The van der Waals surface area contributed by atoms with Gasteiger partial charge in [0, 0.05) is 28.2 Å². The molecule has 0 aliphatic rings. The first-order valence-electron chi connectivity index (χ1n) is 18.8. The number of para-hydroxylation sites is 2. The second kappa shape index (κ2) is 13.6. The molecule has 0 spiro atoms. The van der Waals surface area contributed by atoms with Gasteiger partial charge in [0.2, 0.25) is 0 Å². The van der Waals surface area contributed by atoms with E-state index in [0.717, 1.165) is 62.2 Å². The summed E-state index contributed by atoms with van der Waals surface area (Å²) in [5, 5.41) is 2.35. The van der Waals surface area contributed by atoms with Crippen LogP contribution in [0.3, 0.4) is 0 Å². The van der Waals surface area contributed by atoms with Crippen LogP contribution in [0.5, 0.6) is 0 Å². The van der Waals surface area contributed by atoms with E-state index in [2.05, 4.69) is 152 Å². The van der Waals surface area contributed by atoms with E-state index in [1.54, 1.807) is 0 Å². The van der Waals surface area contributed by atoms with Gasteiger partial charge in [0.25, 0.3) is 0 Å². The maximum Gasteiger partial charge on any atom is 0.145 e. The number of hydrogen-bond donors (Lipinski definition) is 0. The van der Waals surface area contributed by atoms with E-state index < -0.39 is 0 Å². The zero-order valence-corrected chi connectivity index (χ0v) is 31.0. The summed E-state index contributed by atoms with van der Waals surface area (Å²) in [6.45, 7) is 9.05. The van der Waals surface area contributed by atoms with Crippen molar-refractivity contribution in [3.8, 4) is 33.9 Å². The monoisotopic (exact) mass is 704 g/mol. The molecule has 3 aromatic heterocycles. The lowest BCUT2D eigenvalue weighted by molar-refractivity contribution is 0.628. The summed E-state index contributed by atoms with van der Waals surface area (Å²) in [5.41, 5.74) is 14.4. The van der Waals surface area contributed by atoms with Gasteiger partial charge in [-0.1, -0.05) is 113 Å². The Morgan fingerprint density at radius 3 is 2.02 bits per heavy atom. The predicted molar refractivity (Wildman–Crippen MR) is 221 cm³/mol. The summed E-state index contributed by atoms with van der Waals surface area (Å²) in [5.74, 6) is 1.29. The molecule has 0 bridgehead atoms. The van der Waals surface area contributed by atoms with Gasteiger partial charge in [0.1, 0.15) is 17.3 Å². The van der Waals surface area contributed by atoms with Gasteiger partial charge in [0.15, 0.2) is 0 Å². The Labute approximate surface area is 315 Å². The summed E-state index contributed by atoms with van der Waals surface area (Å²) >= 11 is 0. The first kappa shape index (κ1) is 33.5. The van der Waals surface area contributed by atoms with Crippen LogP contribution in [0.25, 0.3) is 66.9 Å². The zero-order valence-electron chi connectivity index (χ0n) is 31.0. The highest BCUT2D eigenvalue weighted by Gasteiger charge is 2.23. The summed E-state index contributed by atoms with van der Waals surface area (Å²) in [4.78, 5) is 10.2. The SMILES string of the molecule is CC(C)c1cccc(C(C)C)c1-n1c(-c2cccc(Cc3cccc(-n4c5ccccc5c5cccnc54)c3)c2)nc2cc(-c3ccc(F)cc3)ccc21. The molecule has 0 N–H and O–H groups in total. The van der Waals surface area contributed by atoms with Crippen LogP contribution in [0.15, 0.2) is 152 Å². The van der Waals surface area contributed by atoms with Gasteiger partial charge < -0.3 is 0 Å². The van der Waals surface area contributed by atoms with Crippen molar-refractivity contribution in [3.05, 3.63) is 180 Å². The Morgan fingerprint density at radius 1 is 0.556 bits per heavy atom. The summed E-state index contributed by atoms with van der Waals surface area (Å²) in [6.07, 6.45) is 2.63. The Hall–Kier alpha value is -6.33. The van der Waals surface area contributed by atoms with Crippen molar-refractivity contribution in [1.82, 2.24) is 19.1 Å². The highest BCUT2D eigenvalue weighted by molar-refractivity contribution is 6.07. The van der Waals surface area contributed by atoms with E-state index in [0.29, 0.717) is 11.8 Å². The molecule has 0 amide bonds. The number of aromatic nitrogens is 4. The second-order valence-corrected chi connectivity index (χ2v) is 14.8. The fourth-order valence-corrected chi connectivity index (χ4v) is 8.01. The van der Waals surface area contributed by atoms with Gasteiger partial charge in [-0.3, -0.25) is 9.13 Å². The Bertz CT molecular complexity index is 2740. The van der Waals surface area contributed by atoms with Crippen molar-refractivity contribution < 1.29 is 4.39 Å². The molecule has 0 saturated heterocycles. The molecule has 9 rings (SSSR count). The van der Waals surface area contributed by atoms with Crippen LogP contribution in [-0.2, 0) is 6.42 Å². The van der Waals surface area contributed by atoms with Crippen LogP contribution >= 0.6 is 0 Å². The molecule has 9 aromatic rings. The number of rotatable bonds is 8. The van der Waals surface area contributed by atoms with E-state index in [-0.39, 0.29) is 5.82 Å². The van der Waals surface area contributed by atoms with Crippen molar-refractivity contribution >= 4 is 33.0 Å². The van der Waals surface area contributed by atoms with Gasteiger partial charge in [-0.2, -0.15) is 0 Å². The lowest BCUT2D eigenvalue weighted by Gasteiger charge is -2.22. The number of benzene rings is 6. The molecule has 264 valence electrons. The number of fused-ring (bicyclic) bond motifs is 4. The van der Waals surface area contributed by atoms with Crippen molar-refractivity contribution in [2.24, 2.45) is 0 Å². The van der Waals surface area contributed by atoms with Crippen LogP contribution < -0.4 is 0 Å². The Kier molecular flexibility index (Phi) is 8.42. The minimum absolute atomic E-state index is 0.242. The van der Waals surface area contributed by atoms with Gasteiger partial charge in [-0.05, 0) is 112 Å². The van der Waals surface area contributed by atoms with Crippen LogP contribution in [0.2, 0.25) is 0 Å². The normalized spacial score (nSPS) is 11.8. The first-order valence-corrected chi connectivity index (χ1v) is 18.8. The average Bonchev–Trinajstić information content (AvgIpc) is 3.74. The standard InChI is InChI=1S/C49H41FN4/c1-31(2)40-16-9-17-41(32(3)4)47(40)54-46-25-22-36(35-20-23-38(50)24-21-35)30-44(46)52-48(54)37-13-7-11-33(28-37)27-34-12-8-14-39(29-34)53-45-19-6-5-15-42(45)43-18-10-26-51-49(43)53/h5-26,28-32H,27H2,1-4H3. The van der Waals surface area contributed by atoms with Crippen molar-refractivity contribution in [2.75, 3.05) is 0 Å². The highest BCUT2D eigenvalue weighted by atomic mass is 19.1. The number of hydrogen-bond acceptors (Lipinski definition) is 2. The molecule has 0 radical (unpaired) electrons. The fourth-order valence-electron chi connectivity index (χ4n) is 8.01. The zero-order chi connectivity index (χ0) is 36.9. The second-order valence-electron chi connectivity index (χ2n) is 14.8. The van der Waals surface area contributed by atoms with Crippen LogP contribution in [0, 0.1) is 5.82 Å². The van der Waals surface area contributed by atoms with E-state index in [1.165, 1.54) is 45.5 Å². The summed E-state index contributed by atoms with van der Waals surface area (Å²) < 4.78 is 18.5. The molecule has 3 heterocycles. The van der Waals surface area contributed by atoms with E-state index >= 15 is 0 Å². The van der Waals surface area contributed by atoms with E-state index in [9.17, 15) is 4.39 Å². The molecule has 4 nitrogen and oxygen atoms in total. The minimum atomic E-state index is -0.242. The van der Waals surface area contributed by atoms with Gasteiger partial charge in [-0.15, -0.1) is 0 Å². The molecule has 5 heteroatoms. The number of imidazole rings is 1. The third-order valence-corrected chi connectivity index (χ3v) is 10.6. The lowest BCUT2D eigenvalue weighted by atomic mass is 9.92. The maximum atomic E-state index is 13.8. The van der Waals surface area contributed by atoms with Gasteiger partial charge in [-0.25, -0.2) is 14.4 Å². The Balaban J connectivity index is 1.17. The number of pyridine rings is 1.